The summed E-state index contributed by atoms with van der Waals surface area (Å²) in [6, 6.07) is 0. The highest BCUT2D eigenvalue weighted by atomic mass is 31.2. The molecule has 0 saturated carbocycles. The smallest absolute Gasteiger partial charge is 0.462 e. The summed E-state index contributed by atoms with van der Waals surface area (Å²) in [5, 5.41) is 10.6. The monoisotopic (exact) mass is 1450 g/mol. The van der Waals surface area contributed by atoms with Crippen LogP contribution in [-0.2, 0) is 65.4 Å². The Labute approximate surface area is 607 Å². The second kappa shape index (κ2) is 73.3. The molecule has 0 amide bonds. The average Bonchev–Trinajstić information content (AvgIpc) is 0.965. The molecule has 578 valence electrons. The van der Waals surface area contributed by atoms with E-state index in [0.29, 0.717) is 25.7 Å². The van der Waals surface area contributed by atoms with Crippen LogP contribution in [-0.4, -0.2) is 96.7 Å². The molecule has 0 aromatic rings. The van der Waals surface area contributed by atoms with E-state index in [2.05, 4.69) is 125 Å². The van der Waals surface area contributed by atoms with Gasteiger partial charge in [0.25, 0.3) is 0 Å². The first-order valence-electron chi connectivity index (χ1n) is 39.5. The van der Waals surface area contributed by atoms with Crippen LogP contribution in [0.2, 0.25) is 0 Å². The standard InChI is InChI=1S/C81H142O17P2/c1-5-9-13-17-21-25-29-33-36-37-40-43-46-50-54-58-62-66-79(84)92-71-76(97-80(85)67-63-59-55-51-47-41-32-28-24-20-16-12-8-4)73-95-99(87,88)93-69-75(82)70-94-100(89,90)96-74-77(98-81(86)68-64-60-56-52-48-44-39-35-31-27-23-19-15-11-7-3)72-91-78(83)65-61-57-53-49-45-42-38-34-30-26-22-18-14-10-6-2/h9,13,21-23,25-28,32-36,38-39,75-77,82H,5-8,10-12,14-20,24,29-31,37,40-74H2,1-4H3,(H,87,88)(H,89,90)/b13-9-,25-21-,26-22-,27-23-,32-28-,36-33-,38-34-,39-35-. The zero-order chi connectivity index (χ0) is 73.2. The second-order valence-electron chi connectivity index (χ2n) is 26.3. The predicted molar refractivity (Wildman–Crippen MR) is 409 cm³/mol. The Morgan fingerprint density at radius 3 is 0.830 bits per heavy atom. The highest BCUT2D eigenvalue weighted by molar-refractivity contribution is 7.47. The van der Waals surface area contributed by atoms with E-state index >= 15 is 0 Å². The van der Waals surface area contributed by atoms with Gasteiger partial charge in [-0.3, -0.25) is 37.3 Å². The minimum atomic E-state index is -4.98. The Morgan fingerprint density at radius 1 is 0.290 bits per heavy atom. The number of aliphatic hydroxyl groups is 1. The van der Waals surface area contributed by atoms with Crippen molar-refractivity contribution in [3.8, 4) is 0 Å². The maximum absolute atomic E-state index is 13.1. The number of phosphoric acid groups is 2. The topological polar surface area (TPSA) is 237 Å². The average molecular weight is 1450 g/mol. The van der Waals surface area contributed by atoms with Crippen molar-refractivity contribution in [2.24, 2.45) is 0 Å². The van der Waals surface area contributed by atoms with E-state index in [-0.39, 0.29) is 25.7 Å². The number of carbonyl (C=O) groups excluding carboxylic acids is 4. The fourth-order valence-corrected chi connectivity index (χ4v) is 12.0. The fraction of sp³-hybridized carbons (Fsp3) is 0.753. The molecule has 0 aromatic carbocycles. The number of hydrogen-bond acceptors (Lipinski definition) is 15. The summed E-state index contributed by atoms with van der Waals surface area (Å²) in [5.41, 5.74) is 0. The van der Waals surface area contributed by atoms with Gasteiger partial charge in [0.2, 0.25) is 0 Å². The molecule has 100 heavy (non-hydrogen) atoms. The molecular formula is C81H142O17P2. The molecule has 0 aromatic heterocycles. The van der Waals surface area contributed by atoms with Gasteiger partial charge >= 0.3 is 39.5 Å². The van der Waals surface area contributed by atoms with Gasteiger partial charge in [-0.1, -0.05) is 260 Å². The Bertz CT molecular complexity index is 2270. The SMILES string of the molecule is CC/C=C\C/C=C\C/C=C\CCCCCCCCCC(=O)OCC(COP(=O)(O)OCC(O)COP(=O)(O)OCC(COC(=O)CCCCCCC/C=C\C/C=C\CCCCC)OC(=O)CCCCCCC/C=C\C/C=C\CCCCC)OC(=O)CCCCCCC/C=C\CCCCCC. The molecule has 5 unspecified atom stereocenters. The fourth-order valence-electron chi connectivity index (χ4n) is 10.5. The van der Waals surface area contributed by atoms with Crippen LogP contribution < -0.4 is 0 Å². The minimum Gasteiger partial charge on any atom is -0.462 e. The Hall–Kier alpha value is -4.02. The van der Waals surface area contributed by atoms with Crippen molar-refractivity contribution in [3.63, 3.8) is 0 Å². The van der Waals surface area contributed by atoms with Gasteiger partial charge in [-0.05, 0) is 148 Å². The number of ether oxygens (including phenoxy) is 4. The van der Waals surface area contributed by atoms with Crippen molar-refractivity contribution in [1.29, 1.82) is 0 Å². The third-order valence-electron chi connectivity index (χ3n) is 16.5. The lowest BCUT2D eigenvalue weighted by atomic mass is 10.1. The molecule has 0 saturated heterocycles. The Balaban J connectivity index is 5.36. The maximum atomic E-state index is 13.1. The van der Waals surface area contributed by atoms with Crippen LogP contribution in [0.15, 0.2) is 97.2 Å². The molecule has 0 spiro atoms. The molecule has 5 atom stereocenters. The Kier molecular flexibility index (Phi) is 70.4. The molecule has 19 heteroatoms. The van der Waals surface area contributed by atoms with Gasteiger partial charge in [-0.15, -0.1) is 0 Å². The number of hydrogen-bond donors (Lipinski definition) is 3. The summed E-state index contributed by atoms with van der Waals surface area (Å²) in [5.74, 6) is -2.21. The number of aliphatic hydroxyl groups excluding tert-OH is 1. The number of rotatable bonds is 74. The normalized spacial score (nSPS) is 14.4. The quantitative estimate of drug-likeness (QED) is 0.0169. The molecule has 0 heterocycles. The second-order valence-corrected chi connectivity index (χ2v) is 29.2. The molecule has 0 bridgehead atoms. The van der Waals surface area contributed by atoms with Crippen LogP contribution in [0.5, 0.6) is 0 Å². The summed E-state index contributed by atoms with van der Waals surface area (Å²) in [7, 11) is -9.96. The zero-order valence-electron chi connectivity index (χ0n) is 63.1. The van der Waals surface area contributed by atoms with E-state index < -0.39 is 97.5 Å². The number of unbranched alkanes of at least 4 members (excludes halogenated alkanes) is 32. The van der Waals surface area contributed by atoms with Crippen LogP contribution in [0.4, 0.5) is 0 Å². The summed E-state index contributed by atoms with van der Waals surface area (Å²) < 4.78 is 68.5. The van der Waals surface area contributed by atoms with Crippen LogP contribution in [0.25, 0.3) is 0 Å². The van der Waals surface area contributed by atoms with Crippen LogP contribution >= 0.6 is 15.6 Å². The van der Waals surface area contributed by atoms with Gasteiger partial charge in [-0.2, -0.15) is 0 Å². The third kappa shape index (κ3) is 72.3. The number of allylic oxidation sites excluding steroid dienone is 16. The van der Waals surface area contributed by atoms with Crippen molar-refractivity contribution in [2.75, 3.05) is 39.6 Å². The molecule has 0 aliphatic heterocycles. The summed E-state index contributed by atoms with van der Waals surface area (Å²) in [4.78, 5) is 72.9. The van der Waals surface area contributed by atoms with Crippen LogP contribution in [0.1, 0.15) is 336 Å². The van der Waals surface area contributed by atoms with Crippen LogP contribution in [0, 0.1) is 0 Å². The van der Waals surface area contributed by atoms with Crippen molar-refractivity contribution in [3.05, 3.63) is 97.2 Å². The first kappa shape index (κ1) is 96.0. The highest BCUT2D eigenvalue weighted by Gasteiger charge is 2.30. The molecule has 0 aliphatic carbocycles. The van der Waals surface area contributed by atoms with Gasteiger partial charge in [0.05, 0.1) is 26.4 Å². The number of phosphoric ester groups is 2. The molecule has 0 aliphatic rings. The Morgan fingerprint density at radius 2 is 0.520 bits per heavy atom. The first-order chi connectivity index (χ1) is 48.7. The van der Waals surface area contributed by atoms with E-state index in [0.717, 1.165) is 193 Å². The van der Waals surface area contributed by atoms with E-state index in [1.165, 1.54) is 64.2 Å². The van der Waals surface area contributed by atoms with Gasteiger partial charge in [0, 0.05) is 25.7 Å². The first-order valence-corrected chi connectivity index (χ1v) is 42.5. The molecule has 3 N–H and O–H groups in total. The lowest BCUT2D eigenvalue weighted by Gasteiger charge is -2.21. The highest BCUT2D eigenvalue weighted by Crippen LogP contribution is 2.45. The van der Waals surface area contributed by atoms with Crippen molar-refractivity contribution in [1.82, 2.24) is 0 Å². The van der Waals surface area contributed by atoms with Crippen molar-refractivity contribution in [2.45, 2.75) is 354 Å². The summed E-state index contributed by atoms with van der Waals surface area (Å²) in [6.07, 6.45) is 76.7. The van der Waals surface area contributed by atoms with Gasteiger partial charge in [0.15, 0.2) is 12.2 Å². The molecule has 17 nitrogen and oxygen atoms in total. The lowest BCUT2D eigenvalue weighted by Crippen LogP contribution is -2.30. The summed E-state index contributed by atoms with van der Waals surface area (Å²) >= 11 is 0. The number of esters is 4. The molecular weight excluding hydrogens is 1310 g/mol. The van der Waals surface area contributed by atoms with Crippen molar-refractivity contribution >= 4 is 39.5 Å². The molecule has 0 radical (unpaired) electrons. The maximum Gasteiger partial charge on any atom is 0.472 e. The van der Waals surface area contributed by atoms with E-state index in [1.807, 2.05) is 0 Å². The minimum absolute atomic E-state index is 0.0763. The van der Waals surface area contributed by atoms with Crippen molar-refractivity contribution < 1.29 is 80.2 Å². The molecule has 0 fully saturated rings. The van der Waals surface area contributed by atoms with Crippen LogP contribution in [0.3, 0.4) is 0 Å². The van der Waals surface area contributed by atoms with E-state index in [4.69, 9.17) is 37.0 Å². The largest absolute Gasteiger partial charge is 0.472 e. The number of carbonyl (C=O) groups is 4. The van der Waals surface area contributed by atoms with Gasteiger partial charge < -0.3 is 33.8 Å². The predicted octanol–water partition coefficient (Wildman–Crippen LogP) is 22.8. The van der Waals surface area contributed by atoms with E-state index in [1.54, 1.807) is 0 Å². The lowest BCUT2D eigenvalue weighted by molar-refractivity contribution is -0.161. The van der Waals surface area contributed by atoms with Gasteiger partial charge in [0.1, 0.15) is 19.3 Å². The van der Waals surface area contributed by atoms with E-state index in [9.17, 15) is 43.2 Å². The van der Waals surface area contributed by atoms with Gasteiger partial charge in [-0.25, -0.2) is 9.13 Å². The summed E-state index contributed by atoms with van der Waals surface area (Å²) in [6.45, 7) is 4.68. The third-order valence-corrected chi connectivity index (χ3v) is 18.4. The molecule has 0 rings (SSSR count). The zero-order valence-corrected chi connectivity index (χ0v) is 64.9.